The number of hydrogen-bond acceptors (Lipinski definition) is 2. The van der Waals surface area contributed by atoms with Crippen molar-refractivity contribution in [1.29, 1.82) is 0 Å². The van der Waals surface area contributed by atoms with E-state index in [1.54, 1.807) is 0 Å². The van der Waals surface area contributed by atoms with E-state index < -0.39 is 5.60 Å². The van der Waals surface area contributed by atoms with E-state index in [1.807, 2.05) is 6.92 Å². The predicted molar refractivity (Wildman–Crippen MR) is 229 cm³/mol. The van der Waals surface area contributed by atoms with Crippen molar-refractivity contribution in [3.8, 4) is 22.5 Å². The van der Waals surface area contributed by atoms with E-state index >= 15 is 0 Å². The molecule has 0 atom stereocenters. The van der Waals surface area contributed by atoms with Gasteiger partial charge in [0.25, 0.3) is 0 Å². The number of carbonyl (C=O) groups is 1. The number of ether oxygens (including phenoxy) is 1. The number of para-hydroxylation sites is 4. The third-order valence-corrected chi connectivity index (χ3v) is 12.4. The molecule has 0 N–H and O–H groups in total. The molecule has 0 spiro atoms. The van der Waals surface area contributed by atoms with Crippen LogP contribution in [0.2, 0.25) is 0 Å². The van der Waals surface area contributed by atoms with Crippen LogP contribution in [-0.2, 0) is 9.53 Å². The van der Waals surface area contributed by atoms with E-state index in [-0.39, 0.29) is 11.9 Å². The maximum atomic E-state index is 13.6. The SMILES string of the molecule is CC=CC1CC(C(=O)OC(C)(C)C[N+]2(CC)c3ccc(-n4c5ccccc5c5ccccc54)cc3-c3cc(-n4c5ccccc5c5ccccc54)ccc32)C1. The molecular weight excluding hydrogens is 675 g/mol. The van der Waals surface area contributed by atoms with Crippen LogP contribution in [0.3, 0.4) is 0 Å². The van der Waals surface area contributed by atoms with Gasteiger partial charge in [0, 0.05) is 45.1 Å². The van der Waals surface area contributed by atoms with Crippen molar-refractivity contribution in [2.75, 3.05) is 13.1 Å². The van der Waals surface area contributed by atoms with Crippen molar-refractivity contribution in [3.63, 3.8) is 0 Å². The van der Waals surface area contributed by atoms with Gasteiger partial charge in [-0.3, -0.25) is 9.28 Å². The summed E-state index contributed by atoms with van der Waals surface area (Å²) < 4.78 is 11.9. The Balaban J connectivity index is 1.15. The van der Waals surface area contributed by atoms with E-state index in [4.69, 9.17) is 4.74 Å². The van der Waals surface area contributed by atoms with Crippen LogP contribution >= 0.6 is 0 Å². The van der Waals surface area contributed by atoms with Crippen molar-refractivity contribution >= 4 is 61.0 Å². The lowest BCUT2D eigenvalue weighted by atomic mass is 9.75. The molecule has 0 unspecified atom stereocenters. The van der Waals surface area contributed by atoms with Crippen molar-refractivity contribution in [2.24, 2.45) is 11.8 Å². The second-order valence-corrected chi connectivity index (χ2v) is 16.2. The number of benzene rings is 6. The van der Waals surface area contributed by atoms with E-state index in [1.165, 1.54) is 66.1 Å². The normalized spacial score (nSPS) is 17.6. The van der Waals surface area contributed by atoms with Gasteiger partial charge in [-0.15, -0.1) is 0 Å². The molecule has 1 saturated carbocycles. The Labute approximate surface area is 322 Å². The molecule has 6 aromatic carbocycles. The topological polar surface area (TPSA) is 36.2 Å². The van der Waals surface area contributed by atoms with Gasteiger partial charge >= 0.3 is 5.97 Å². The molecule has 5 heteroatoms. The Hall–Kier alpha value is -5.91. The first-order chi connectivity index (χ1) is 26.8. The average Bonchev–Trinajstić information content (AvgIpc) is 3.79. The predicted octanol–water partition coefficient (Wildman–Crippen LogP) is 12.4. The van der Waals surface area contributed by atoms with Crippen molar-refractivity contribution in [3.05, 3.63) is 146 Å². The summed E-state index contributed by atoms with van der Waals surface area (Å²) in [5, 5.41) is 4.99. The number of esters is 1. The molecule has 0 radical (unpaired) electrons. The first-order valence-corrected chi connectivity index (χ1v) is 19.8. The Morgan fingerprint density at radius 1 is 0.673 bits per heavy atom. The van der Waals surface area contributed by atoms with Crippen LogP contribution in [0.15, 0.2) is 146 Å². The maximum absolute atomic E-state index is 13.6. The zero-order chi connectivity index (χ0) is 37.5. The number of rotatable bonds is 8. The minimum absolute atomic E-state index is 0.0312. The standard InChI is InChI=1S/C50H46N3O2/c1-5-15-33-28-34(29-33)49(54)55-50(3,4)32-53(6-2)47-26-24-35(51-43-20-11-7-16-37(43)38-17-8-12-21-44(38)51)30-41(47)42-31-36(25-27-48(42)53)52-45-22-13-9-18-39(45)40-19-10-14-23-46(40)52/h5,7-27,30-31,33-34H,6,28-29,32H2,1-4H3/q+1. The minimum Gasteiger partial charge on any atom is -0.453 e. The summed E-state index contributed by atoms with van der Waals surface area (Å²) in [6.45, 7) is 9.96. The second kappa shape index (κ2) is 12.6. The number of fused-ring (bicyclic) bond motifs is 9. The molecular formula is C50H46N3O2+. The van der Waals surface area contributed by atoms with Gasteiger partial charge in [-0.05, 0) is 95.0 Å². The van der Waals surface area contributed by atoms with Crippen molar-refractivity contribution in [1.82, 2.24) is 13.6 Å². The fourth-order valence-corrected chi connectivity index (χ4v) is 9.98. The number of allylic oxidation sites excluding steroid dienone is 2. The molecule has 55 heavy (non-hydrogen) atoms. The van der Waals surface area contributed by atoms with Crippen LogP contribution in [0.25, 0.3) is 66.1 Å². The molecule has 0 amide bonds. The summed E-state index contributed by atoms with van der Waals surface area (Å²) in [6, 6.07) is 48.9. The number of nitrogens with zero attached hydrogens (tertiary/aromatic N) is 3. The highest BCUT2D eigenvalue weighted by molar-refractivity contribution is 6.11. The summed E-state index contributed by atoms with van der Waals surface area (Å²) in [5.74, 6) is 0.379. The molecule has 0 bridgehead atoms. The Morgan fingerprint density at radius 3 is 1.49 bits per heavy atom. The third-order valence-electron chi connectivity index (χ3n) is 12.4. The number of quaternary nitrogens is 1. The van der Waals surface area contributed by atoms with Gasteiger partial charge in [-0.25, -0.2) is 0 Å². The lowest BCUT2D eigenvalue weighted by Crippen LogP contribution is -2.53. The van der Waals surface area contributed by atoms with Crippen LogP contribution in [0.5, 0.6) is 0 Å². The zero-order valence-corrected chi connectivity index (χ0v) is 32.0. The molecule has 10 rings (SSSR count). The van der Waals surface area contributed by atoms with E-state index in [9.17, 15) is 4.79 Å². The molecule has 0 saturated heterocycles. The summed E-state index contributed by atoms with van der Waals surface area (Å²) in [7, 11) is 0. The molecule has 3 heterocycles. The number of hydrogen-bond donors (Lipinski definition) is 0. The van der Waals surface area contributed by atoms with Gasteiger partial charge in [0.15, 0.2) is 5.60 Å². The minimum atomic E-state index is -0.700. The second-order valence-electron chi connectivity index (χ2n) is 16.2. The summed E-state index contributed by atoms with van der Waals surface area (Å²) >= 11 is 0. The molecule has 1 aliphatic heterocycles. The molecule has 272 valence electrons. The monoisotopic (exact) mass is 720 g/mol. The van der Waals surface area contributed by atoms with Crippen LogP contribution in [0.1, 0.15) is 40.5 Å². The van der Waals surface area contributed by atoms with Gasteiger partial charge in [0.05, 0.1) is 45.7 Å². The van der Waals surface area contributed by atoms with Crippen LogP contribution in [-0.4, -0.2) is 33.8 Å². The van der Waals surface area contributed by atoms with Gasteiger partial charge in [-0.2, -0.15) is 0 Å². The first kappa shape index (κ1) is 33.6. The average molecular weight is 721 g/mol. The quantitative estimate of drug-likeness (QED) is 0.0890. The number of aromatic nitrogens is 2. The first-order valence-electron chi connectivity index (χ1n) is 19.8. The molecule has 2 aliphatic rings. The summed E-state index contributed by atoms with van der Waals surface area (Å²) in [6.07, 6.45) is 6.05. The fraction of sp³-hybridized carbons (Fsp3) is 0.220. The van der Waals surface area contributed by atoms with Crippen molar-refractivity contribution in [2.45, 2.75) is 46.1 Å². The maximum Gasteiger partial charge on any atom is 0.309 e. The largest absolute Gasteiger partial charge is 0.453 e. The van der Waals surface area contributed by atoms with E-state index in [0.29, 0.717) is 16.9 Å². The smallest absolute Gasteiger partial charge is 0.309 e. The lowest BCUT2D eigenvalue weighted by Gasteiger charge is -2.41. The van der Waals surface area contributed by atoms with Crippen molar-refractivity contribution < 1.29 is 9.53 Å². The number of carbonyl (C=O) groups excluding carboxylic acids is 1. The molecule has 2 aromatic heterocycles. The molecule has 5 nitrogen and oxygen atoms in total. The van der Waals surface area contributed by atoms with Gasteiger partial charge < -0.3 is 13.9 Å². The Kier molecular flexibility index (Phi) is 7.69. The fourth-order valence-electron chi connectivity index (χ4n) is 9.98. The molecule has 1 fully saturated rings. The van der Waals surface area contributed by atoms with Crippen LogP contribution in [0, 0.1) is 11.8 Å². The van der Waals surface area contributed by atoms with Crippen LogP contribution in [0.4, 0.5) is 11.4 Å². The van der Waals surface area contributed by atoms with Gasteiger partial charge in [0.2, 0.25) is 0 Å². The van der Waals surface area contributed by atoms with Crippen LogP contribution < -0.4 is 4.48 Å². The molecule has 8 aromatic rings. The zero-order valence-electron chi connectivity index (χ0n) is 32.0. The Morgan fingerprint density at radius 2 is 1.09 bits per heavy atom. The summed E-state index contributed by atoms with van der Waals surface area (Å²) in [5.41, 5.74) is 11.2. The number of likely N-dealkylation sites (N-methyl/N-ethyl adjacent to an activating group) is 1. The Bertz CT molecular complexity index is 2580. The highest BCUT2D eigenvalue weighted by atomic mass is 16.6. The molecule has 1 aliphatic carbocycles. The summed E-state index contributed by atoms with van der Waals surface area (Å²) in [4.78, 5) is 13.6. The third kappa shape index (κ3) is 5.13. The van der Waals surface area contributed by atoms with Gasteiger partial charge in [0.1, 0.15) is 17.9 Å². The highest BCUT2D eigenvalue weighted by Crippen LogP contribution is 2.55. The van der Waals surface area contributed by atoms with E-state index in [0.717, 1.165) is 30.8 Å². The van der Waals surface area contributed by atoms with E-state index in [2.05, 4.69) is 176 Å². The lowest BCUT2D eigenvalue weighted by molar-refractivity contribution is -0.166. The van der Waals surface area contributed by atoms with Gasteiger partial charge in [-0.1, -0.05) is 84.9 Å². The highest BCUT2D eigenvalue weighted by Gasteiger charge is 2.48.